The maximum atomic E-state index is 13.3. The molecule has 2 aliphatic heterocycles. The van der Waals surface area contributed by atoms with Gasteiger partial charge in [-0.05, 0) is 60.4 Å². The van der Waals surface area contributed by atoms with E-state index in [0.29, 0.717) is 6.67 Å². The number of rotatable bonds is 3. The van der Waals surface area contributed by atoms with Crippen LogP contribution in [0.4, 0.5) is 4.79 Å². The molecule has 144 valence electrons. The predicted molar refractivity (Wildman–Crippen MR) is 107 cm³/mol. The Balaban J connectivity index is 1.36. The lowest BCUT2D eigenvalue weighted by molar-refractivity contribution is -0.132. The predicted octanol–water partition coefficient (Wildman–Crippen LogP) is 2.96. The summed E-state index contributed by atoms with van der Waals surface area (Å²) in [7, 11) is 0. The molecule has 1 atom stereocenters. The Kier molecular flexibility index (Phi) is 4.02. The topological polar surface area (TPSA) is 52.7 Å². The van der Waals surface area contributed by atoms with Crippen LogP contribution in [0.5, 0.6) is 0 Å². The molecule has 5 heteroatoms. The molecular weight excluding hydrogens is 350 g/mol. The summed E-state index contributed by atoms with van der Waals surface area (Å²) in [5.74, 6) is -0.158. The number of nitrogens with one attached hydrogen (secondary N) is 1. The van der Waals surface area contributed by atoms with E-state index in [2.05, 4.69) is 40.5 Å². The standard InChI is InChI=1S/C23H25N3O2/c1-23(20-10-9-16-7-4-8-18(16)13-20)21(27)26(22(28)24-23)15-25-12-11-17-5-2-3-6-19(17)14-25/h2-3,5-6,9-10,13H,4,7-8,11-12,14-15H2,1H3,(H,24,28)/t23-/m0/s1. The second-order valence-corrected chi connectivity index (χ2v) is 8.34. The lowest BCUT2D eigenvalue weighted by atomic mass is 9.90. The molecule has 2 aromatic rings. The van der Waals surface area contributed by atoms with Gasteiger partial charge in [-0.25, -0.2) is 9.69 Å². The number of benzene rings is 2. The van der Waals surface area contributed by atoms with Crippen molar-refractivity contribution in [2.24, 2.45) is 0 Å². The minimum absolute atomic E-state index is 0.158. The third kappa shape index (κ3) is 2.73. The average molecular weight is 375 g/mol. The second-order valence-electron chi connectivity index (χ2n) is 8.34. The highest BCUT2D eigenvalue weighted by molar-refractivity contribution is 6.07. The number of urea groups is 1. The van der Waals surface area contributed by atoms with Gasteiger partial charge in [-0.3, -0.25) is 9.69 Å². The Morgan fingerprint density at radius 3 is 2.57 bits per heavy atom. The zero-order valence-electron chi connectivity index (χ0n) is 16.2. The molecule has 0 spiro atoms. The summed E-state index contributed by atoms with van der Waals surface area (Å²) in [4.78, 5) is 29.5. The monoisotopic (exact) mass is 375 g/mol. The molecule has 3 amide bonds. The van der Waals surface area contributed by atoms with Gasteiger partial charge in [0, 0.05) is 13.1 Å². The van der Waals surface area contributed by atoms with Crippen LogP contribution in [0, 0.1) is 0 Å². The summed E-state index contributed by atoms with van der Waals surface area (Å²) in [5.41, 5.74) is 5.22. The van der Waals surface area contributed by atoms with Crippen molar-refractivity contribution < 1.29 is 9.59 Å². The van der Waals surface area contributed by atoms with Gasteiger partial charge >= 0.3 is 6.03 Å². The second kappa shape index (κ2) is 6.45. The Bertz CT molecular complexity index is 970. The summed E-state index contributed by atoms with van der Waals surface area (Å²) in [6.45, 7) is 3.78. The maximum Gasteiger partial charge on any atom is 0.326 e. The molecule has 1 saturated heterocycles. The van der Waals surface area contributed by atoms with Crippen LogP contribution in [0.15, 0.2) is 42.5 Å². The Morgan fingerprint density at radius 1 is 0.964 bits per heavy atom. The molecule has 0 aromatic heterocycles. The van der Waals surface area contributed by atoms with E-state index < -0.39 is 5.54 Å². The third-order valence-electron chi connectivity index (χ3n) is 6.50. The van der Waals surface area contributed by atoms with Crippen molar-refractivity contribution >= 4 is 11.9 Å². The van der Waals surface area contributed by atoms with Crippen LogP contribution >= 0.6 is 0 Å². The summed E-state index contributed by atoms with van der Waals surface area (Å²) in [6, 6.07) is 14.3. The summed E-state index contributed by atoms with van der Waals surface area (Å²) >= 11 is 0. The highest BCUT2D eigenvalue weighted by Crippen LogP contribution is 2.33. The largest absolute Gasteiger partial charge is 0.326 e. The molecule has 1 fully saturated rings. The van der Waals surface area contributed by atoms with E-state index in [4.69, 9.17) is 0 Å². The van der Waals surface area contributed by atoms with Crippen LogP contribution in [0.3, 0.4) is 0 Å². The van der Waals surface area contributed by atoms with Crippen molar-refractivity contribution in [2.45, 2.75) is 44.7 Å². The molecule has 2 aromatic carbocycles. The highest BCUT2D eigenvalue weighted by atomic mass is 16.2. The van der Waals surface area contributed by atoms with Crippen molar-refractivity contribution in [2.75, 3.05) is 13.2 Å². The van der Waals surface area contributed by atoms with Crippen LogP contribution in [-0.2, 0) is 36.1 Å². The number of hydrogen-bond donors (Lipinski definition) is 1. The number of nitrogens with zero attached hydrogens (tertiary/aromatic N) is 2. The normalized spacial score (nSPS) is 24.2. The fourth-order valence-corrected chi connectivity index (χ4v) is 4.78. The van der Waals surface area contributed by atoms with E-state index in [1.54, 1.807) is 0 Å². The molecule has 5 rings (SSSR count). The summed E-state index contributed by atoms with van der Waals surface area (Å²) in [6.07, 6.45) is 4.27. The number of imide groups is 1. The van der Waals surface area contributed by atoms with Gasteiger partial charge < -0.3 is 5.32 Å². The lowest BCUT2D eigenvalue weighted by Gasteiger charge is -2.31. The van der Waals surface area contributed by atoms with E-state index in [1.807, 2.05) is 19.1 Å². The first-order valence-electron chi connectivity index (χ1n) is 10.1. The molecular formula is C23H25N3O2. The van der Waals surface area contributed by atoms with Crippen molar-refractivity contribution in [3.8, 4) is 0 Å². The SMILES string of the molecule is C[C@@]1(c2ccc3c(c2)CCC3)NC(=O)N(CN2CCc3ccccc3C2)C1=O. The fraction of sp³-hybridized carbons (Fsp3) is 0.391. The maximum absolute atomic E-state index is 13.3. The number of hydrogen-bond acceptors (Lipinski definition) is 3. The van der Waals surface area contributed by atoms with Crippen molar-refractivity contribution in [3.05, 3.63) is 70.3 Å². The molecule has 5 nitrogen and oxygen atoms in total. The lowest BCUT2D eigenvalue weighted by Crippen LogP contribution is -2.45. The van der Waals surface area contributed by atoms with Gasteiger partial charge in [0.15, 0.2) is 0 Å². The van der Waals surface area contributed by atoms with Crippen LogP contribution in [0.25, 0.3) is 0 Å². The molecule has 2 heterocycles. The molecule has 1 N–H and O–H groups in total. The van der Waals surface area contributed by atoms with E-state index >= 15 is 0 Å². The highest BCUT2D eigenvalue weighted by Gasteiger charge is 2.49. The number of carbonyl (C=O) groups excluding carboxylic acids is 2. The minimum Gasteiger partial charge on any atom is -0.319 e. The van der Waals surface area contributed by atoms with Gasteiger partial charge in [-0.2, -0.15) is 0 Å². The van der Waals surface area contributed by atoms with Crippen molar-refractivity contribution in [1.82, 2.24) is 15.1 Å². The number of aryl methyl sites for hydroxylation is 2. The molecule has 0 unspecified atom stereocenters. The van der Waals surface area contributed by atoms with Gasteiger partial charge in [-0.15, -0.1) is 0 Å². The Morgan fingerprint density at radius 2 is 1.71 bits per heavy atom. The van der Waals surface area contributed by atoms with Crippen LogP contribution in [0.1, 0.15) is 41.2 Å². The minimum atomic E-state index is -0.984. The van der Waals surface area contributed by atoms with Crippen LogP contribution in [-0.4, -0.2) is 35.0 Å². The first-order chi connectivity index (χ1) is 13.5. The van der Waals surface area contributed by atoms with E-state index in [9.17, 15) is 9.59 Å². The smallest absolute Gasteiger partial charge is 0.319 e. The molecule has 3 aliphatic rings. The van der Waals surface area contributed by atoms with Crippen molar-refractivity contribution in [3.63, 3.8) is 0 Å². The van der Waals surface area contributed by atoms with E-state index in [-0.39, 0.29) is 11.9 Å². The first-order valence-corrected chi connectivity index (χ1v) is 10.1. The molecule has 0 bridgehead atoms. The Labute approximate surface area is 165 Å². The summed E-state index contributed by atoms with van der Waals surface area (Å²) in [5, 5.41) is 2.96. The molecule has 0 radical (unpaired) electrons. The average Bonchev–Trinajstić information content (AvgIpc) is 3.26. The van der Waals surface area contributed by atoms with Gasteiger partial charge in [-0.1, -0.05) is 42.5 Å². The zero-order chi connectivity index (χ0) is 19.3. The van der Waals surface area contributed by atoms with Crippen LogP contribution < -0.4 is 5.32 Å². The number of carbonyl (C=O) groups is 2. The van der Waals surface area contributed by atoms with Gasteiger partial charge in [0.1, 0.15) is 5.54 Å². The molecule has 0 saturated carbocycles. The zero-order valence-corrected chi connectivity index (χ0v) is 16.2. The fourth-order valence-electron chi connectivity index (χ4n) is 4.78. The van der Waals surface area contributed by atoms with Crippen molar-refractivity contribution in [1.29, 1.82) is 0 Å². The first kappa shape index (κ1) is 17.4. The van der Waals surface area contributed by atoms with Gasteiger partial charge in [0.25, 0.3) is 5.91 Å². The van der Waals surface area contributed by atoms with E-state index in [1.165, 1.54) is 33.6 Å². The number of fused-ring (bicyclic) bond motifs is 2. The Hall–Kier alpha value is -2.66. The third-order valence-corrected chi connectivity index (χ3v) is 6.50. The number of amides is 3. The summed E-state index contributed by atoms with van der Waals surface area (Å²) < 4.78 is 0. The van der Waals surface area contributed by atoms with Gasteiger partial charge in [0.05, 0.1) is 6.67 Å². The molecule has 1 aliphatic carbocycles. The van der Waals surface area contributed by atoms with Crippen LogP contribution in [0.2, 0.25) is 0 Å². The quantitative estimate of drug-likeness (QED) is 0.840. The molecule has 28 heavy (non-hydrogen) atoms. The van der Waals surface area contributed by atoms with E-state index in [0.717, 1.165) is 37.9 Å². The van der Waals surface area contributed by atoms with Gasteiger partial charge in [0.2, 0.25) is 0 Å².